The number of hydrogen-bond acceptors (Lipinski definition) is 3. The van der Waals surface area contributed by atoms with Crippen LogP contribution in [0, 0.1) is 28.8 Å². The Morgan fingerprint density at radius 2 is 1.81 bits per heavy atom. The van der Waals surface area contributed by atoms with E-state index in [1.807, 2.05) is 6.07 Å². The lowest BCUT2D eigenvalue weighted by molar-refractivity contribution is 0.413. The first kappa shape index (κ1) is 14.7. The van der Waals surface area contributed by atoms with Gasteiger partial charge in [0.1, 0.15) is 11.8 Å². The molecular formula is C15H11F3N2O. The van der Waals surface area contributed by atoms with Crippen molar-refractivity contribution in [1.82, 2.24) is 0 Å². The first-order valence-corrected chi connectivity index (χ1v) is 6.00. The summed E-state index contributed by atoms with van der Waals surface area (Å²) in [6.45, 7) is 0.225. The van der Waals surface area contributed by atoms with E-state index < -0.39 is 17.5 Å². The third kappa shape index (κ3) is 3.26. The normalized spacial score (nSPS) is 10.0. The maximum absolute atomic E-state index is 13.1. The second-order valence-electron chi connectivity index (χ2n) is 4.25. The van der Waals surface area contributed by atoms with Gasteiger partial charge in [0.05, 0.1) is 12.7 Å². The molecule has 0 amide bonds. The molecule has 0 unspecified atom stereocenters. The quantitative estimate of drug-likeness (QED) is 0.876. The Bertz CT molecular complexity index is 688. The molecule has 2 aromatic rings. The fraction of sp³-hybridized carbons (Fsp3) is 0.133. The topological polar surface area (TPSA) is 45.0 Å². The predicted molar refractivity (Wildman–Crippen MR) is 71.4 cm³/mol. The fourth-order valence-electron chi connectivity index (χ4n) is 1.81. The van der Waals surface area contributed by atoms with Crippen LogP contribution in [0.25, 0.3) is 0 Å². The average Bonchev–Trinajstić information content (AvgIpc) is 2.50. The van der Waals surface area contributed by atoms with Crippen LogP contribution >= 0.6 is 0 Å². The molecule has 21 heavy (non-hydrogen) atoms. The predicted octanol–water partition coefficient (Wildman–Crippen LogP) is 3.60. The third-order valence-electron chi connectivity index (χ3n) is 2.86. The van der Waals surface area contributed by atoms with Crippen molar-refractivity contribution in [1.29, 1.82) is 5.26 Å². The molecule has 0 atom stereocenters. The zero-order valence-corrected chi connectivity index (χ0v) is 11.1. The summed E-state index contributed by atoms with van der Waals surface area (Å²) in [6, 6.07) is 8.66. The van der Waals surface area contributed by atoms with Gasteiger partial charge in [-0.15, -0.1) is 0 Å². The van der Waals surface area contributed by atoms with Gasteiger partial charge in [0.25, 0.3) is 0 Å². The van der Waals surface area contributed by atoms with Crippen molar-refractivity contribution in [2.45, 2.75) is 6.54 Å². The molecule has 2 rings (SSSR count). The van der Waals surface area contributed by atoms with Gasteiger partial charge in [0, 0.05) is 24.4 Å². The van der Waals surface area contributed by atoms with Crippen LogP contribution in [0.3, 0.4) is 0 Å². The highest BCUT2D eigenvalue weighted by atomic mass is 19.2. The van der Waals surface area contributed by atoms with Gasteiger partial charge in [-0.05, 0) is 17.7 Å². The van der Waals surface area contributed by atoms with Crippen molar-refractivity contribution >= 4 is 5.69 Å². The van der Waals surface area contributed by atoms with Crippen molar-refractivity contribution in [3.05, 3.63) is 58.9 Å². The van der Waals surface area contributed by atoms with E-state index >= 15 is 0 Å². The maximum atomic E-state index is 13.1. The Morgan fingerprint density at radius 1 is 1.14 bits per heavy atom. The number of rotatable bonds is 4. The molecule has 0 radical (unpaired) electrons. The molecule has 0 spiro atoms. The highest BCUT2D eigenvalue weighted by Crippen LogP contribution is 2.21. The largest absolute Gasteiger partial charge is 0.495 e. The number of ether oxygens (including phenoxy) is 1. The zero-order valence-electron chi connectivity index (χ0n) is 11.1. The lowest BCUT2D eigenvalue weighted by Crippen LogP contribution is -2.02. The van der Waals surface area contributed by atoms with E-state index in [1.54, 1.807) is 18.2 Å². The molecule has 0 aliphatic rings. The van der Waals surface area contributed by atoms with Crippen molar-refractivity contribution in [3.63, 3.8) is 0 Å². The first-order valence-electron chi connectivity index (χ1n) is 6.00. The van der Waals surface area contributed by atoms with Gasteiger partial charge in [-0.2, -0.15) is 5.26 Å². The molecule has 0 saturated carbocycles. The Hall–Kier alpha value is -2.68. The lowest BCUT2D eigenvalue weighted by Gasteiger charge is -2.09. The summed E-state index contributed by atoms with van der Waals surface area (Å²) in [7, 11) is 1.46. The molecule has 0 saturated heterocycles. The van der Waals surface area contributed by atoms with Crippen LogP contribution in [0.2, 0.25) is 0 Å². The number of halogens is 3. The van der Waals surface area contributed by atoms with Gasteiger partial charge >= 0.3 is 0 Å². The number of nitrogens with one attached hydrogen (secondary N) is 1. The Kier molecular flexibility index (Phi) is 4.33. The molecular weight excluding hydrogens is 281 g/mol. The van der Waals surface area contributed by atoms with E-state index in [2.05, 4.69) is 5.32 Å². The highest BCUT2D eigenvalue weighted by molar-refractivity contribution is 5.48. The number of nitrogens with zero attached hydrogens (tertiary/aromatic N) is 1. The summed E-state index contributed by atoms with van der Waals surface area (Å²) in [5.74, 6) is -3.58. The maximum Gasteiger partial charge on any atom is 0.194 e. The molecule has 0 aromatic heterocycles. The van der Waals surface area contributed by atoms with E-state index in [0.29, 0.717) is 11.3 Å². The Labute approximate surface area is 119 Å². The average molecular weight is 292 g/mol. The summed E-state index contributed by atoms with van der Waals surface area (Å²) in [6.07, 6.45) is 0. The van der Waals surface area contributed by atoms with E-state index in [4.69, 9.17) is 10.00 Å². The van der Waals surface area contributed by atoms with Crippen LogP contribution < -0.4 is 10.1 Å². The number of nitriles is 1. The number of benzene rings is 2. The minimum Gasteiger partial charge on any atom is -0.495 e. The monoisotopic (exact) mass is 292 g/mol. The van der Waals surface area contributed by atoms with Crippen LogP contribution in [0.5, 0.6) is 5.75 Å². The molecule has 2 aromatic carbocycles. The van der Waals surface area contributed by atoms with Crippen LogP contribution in [-0.2, 0) is 6.54 Å². The van der Waals surface area contributed by atoms with Crippen LogP contribution in [-0.4, -0.2) is 7.11 Å². The van der Waals surface area contributed by atoms with E-state index in [1.165, 1.54) is 7.11 Å². The van der Waals surface area contributed by atoms with Gasteiger partial charge in [0.2, 0.25) is 0 Å². The number of hydrogen-bond donors (Lipinski definition) is 1. The standard InChI is InChI=1S/C15H11F3N2O/c1-21-14-3-2-9(4-10(14)7-19)8-20-11-5-12(16)15(18)13(17)6-11/h2-6,20H,8H2,1H3. The van der Waals surface area contributed by atoms with Crippen molar-refractivity contribution in [2.24, 2.45) is 0 Å². The smallest absolute Gasteiger partial charge is 0.194 e. The van der Waals surface area contributed by atoms with Crippen LogP contribution in [0.1, 0.15) is 11.1 Å². The van der Waals surface area contributed by atoms with E-state index in [9.17, 15) is 13.2 Å². The third-order valence-corrected chi connectivity index (χ3v) is 2.86. The Balaban J connectivity index is 2.15. The van der Waals surface area contributed by atoms with E-state index in [0.717, 1.165) is 17.7 Å². The van der Waals surface area contributed by atoms with Gasteiger partial charge < -0.3 is 10.1 Å². The fourth-order valence-corrected chi connectivity index (χ4v) is 1.81. The summed E-state index contributed by atoms with van der Waals surface area (Å²) < 4.78 is 44.0. The van der Waals surface area contributed by atoms with Crippen molar-refractivity contribution in [3.8, 4) is 11.8 Å². The zero-order chi connectivity index (χ0) is 15.4. The number of anilines is 1. The second-order valence-corrected chi connectivity index (χ2v) is 4.25. The van der Waals surface area contributed by atoms with Crippen LogP contribution in [0.15, 0.2) is 30.3 Å². The molecule has 0 fully saturated rings. The minimum absolute atomic E-state index is 0.112. The summed E-state index contributed by atoms with van der Waals surface area (Å²) in [4.78, 5) is 0. The van der Waals surface area contributed by atoms with Gasteiger partial charge in [-0.3, -0.25) is 0 Å². The molecule has 108 valence electrons. The van der Waals surface area contributed by atoms with Gasteiger partial charge in [-0.25, -0.2) is 13.2 Å². The summed E-state index contributed by atoms with van der Waals surface area (Å²) in [5.41, 5.74) is 1.19. The summed E-state index contributed by atoms with van der Waals surface area (Å²) in [5, 5.41) is 11.7. The molecule has 3 nitrogen and oxygen atoms in total. The van der Waals surface area contributed by atoms with Crippen molar-refractivity contribution < 1.29 is 17.9 Å². The SMILES string of the molecule is COc1ccc(CNc2cc(F)c(F)c(F)c2)cc1C#N. The van der Waals surface area contributed by atoms with Crippen LogP contribution in [0.4, 0.5) is 18.9 Å². The van der Waals surface area contributed by atoms with Gasteiger partial charge in [-0.1, -0.05) is 6.07 Å². The minimum atomic E-state index is -1.50. The number of methoxy groups -OCH3 is 1. The van der Waals surface area contributed by atoms with Crippen molar-refractivity contribution in [2.75, 3.05) is 12.4 Å². The lowest BCUT2D eigenvalue weighted by atomic mass is 10.1. The molecule has 0 aliphatic carbocycles. The van der Waals surface area contributed by atoms with E-state index in [-0.39, 0.29) is 12.2 Å². The molecule has 6 heteroatoms. The molecule has 0 heterocycles. The summed E-state index contributed by atoms with van der Waals surface area (Å²) >= 11 is 0. The van der Waals surface area contributed by atoms with Gasteiger partial charge in [0.15, 0.2) is 17.5 Å². The molecule has 0 aliphatic heterocycles. The Morgan fingerprint density at radius 3 is 2.38 bits per heavy atom. The first-order chi connectivity index (χ1) is 10.0. The second kappa shape index (κ2) is 6.18. The molecule has 1 N–H and O–H groups in total. The highest BCUT2D eigenvalue weighted by Gasteiger charge is 2.10. The molecule has 0 bridgehead atoms.